The molecule has 9 nitrogen and oxygen atoms in total. The number of alkyl carbamates (subject to hydrolysis) is 1. The minimum absolute atomic E-state index is 0.0823. The Hall–Kier alpha value is -4.15. The lowest BCUT2D eigenvalue weighted by Crippen LogP contribution is -2.51. The van der Waals surface area contributed by atoms with E-state index >= 15 is 0 Å². The van der Waals surface area contributed by atoms with Crippen molar-refractivity contribution >= 4 is 35.6 Å². The van der Waals surface area contributed by atoms with Crippen LogP contribution in [0.2, 0.25) is 0 Å². The van der Waals surface area contributed by atoms with Gasteiger partial charge in [-0.25, -0.2) is 9.78 Å². The van der Waals surface area contributed by atoms with Crippen LogP contribution >= 0.6 is 0 Å². The third-order valence-electron chi connectivity index (χ3n) is 13.8. The van der Waals surface area contributed by atoms with Gasteiger partial charge in [0.15, 0.2) is 0 Å². The van der Waals surface area contributed by atoms with E-state index < -0.39 is 12.1 Å². The number of nitrogens with one attached hydrogen (secondary N) is 2. The second-order valence-electron chi connectivity index (χ2n) is 17.7. The Bertz CT molecular complexity index is 2160. The van der Waals surface area contributed by atoms with Crippen LogP contribution in [0.4, 0.5) is 4.79 Å². The van der Waals surface area contributed by atoms with Crippen LogP contribution in [0.15, 0.2) is 42.5 Å². The predicted octanol–water partition coefficient (Wildman–Crippen LogP) is 7.78. The average molecular weight is 729 g/mol. The van der Waals surface area contributed by atoms with Crippen LogP contribution in [0.5, 0.6) is 0 Å². The summed E-state index contributed by atoms with van der Waals surface area (Å²) in [6.45, 7) is 13.0. The lowest BCUT2D eigenvalue weighted by Gasteiger charge is -2.32. The van der Waals surface area contributed by atoms with Crippen LogP contribution in [-0.2, 0) is 38.1 Å². The molecule has 1 saturated carbocycles. The molecule has 2 saturated heterocycles. The van der Waals surface area contributed by atoms with Gasteiger partial charge in [0.2, 0.25) is 5.91 Å². The van der Waals surface area contributed by atoms with Crippen LogP contribution in [0.25, 0.3) is 33.3 Å². The zero-order valence-electron chi connectivity index (χ0n) is 32.8. The summed E-state index contributed by atoms with van der Waals surface area (Å²) in [5.41, 5.74) is 13.6. The Balaban J connectivity index is 1.04. The van der Waals surface area contributed by atoms with Crippen molar-refractivity contribution in [1.82, 2.24) is 20.2 Å². The Morgan fingerprint density at radius 2 is 1.67 bits per heavy atom. The highest BCUT2D eigenvalue weighted by Crippen LogP contribution is 2.56. The van der Waals surface area contributed by atoms with Crippen molar-refractivity contribution in [2.45, 2.75) is 122 Å². The molecule has 3 aromatic carbocycles. The minimum Gasteiger partial charge on any atom is -0.453 e. The maximum atomic E-state index is 13.8. The van der Waals surface area contributed by atoms with Crippen LogP contribution in [0, 0.1) is 11.8 Å². The molecule has 0 bridgehead atoms. The van der Waals surface area contributed by atoms with Crippen molar-refractivity contribution in [3.8, 4) is 22.3 Å². The molecule has 2 aliphatic heterocycles. The Kier molecular flexibility index (Phi) is 8.54. The number of hydrogen-bond acceptors (Lipinski definition) is 6. The second kappa shape index (κ2) is 13.0. The van der Waals surface area contributed by atoms with Crippen molar-refractivity contribution in [3.63, 3.8) is 0 Å². The molecule has 3 fully saturated rings. The molecule has 3 aliphatic carbocycles. The first kappa shape index (κ1) is 35.6. The van der Waals surface area contributed by atoms with Gasteiger partial charge in [-0.2, -0.15) is 0 Å². The smallest absolute Gasteiger partial charge is 0.453 e. The Labute approximate surface area is 319 Å². The van der Waals surface area contributed by atoms with Gasteiger partial charge in [-0.05, 0) is 159 Å². The minimum atomic E-state index is -0.663. The van der Waals surface area contributed by atoms with Crippen LogP contribution < -0.4 is 10.8 Å². The van der Waals surface area contributed by atoms with Gasteiger partial charge >= 0.3 is 13.2 Å². The number of H-pyrrole nitrogens is 1. The number of aromatic amines is 1. The van der Waals surface area contributed by atoms with Gasteiger partial charge in [0.1, 0.15) is 11.9 Å². The standard InChI is InChI=1S/C44H53BN4O5/c1-24(2)39(48-42(51)52-7)41(50)49-21-9-12-37(49)40-46-35-20-14-26(23-36(35)47-40)27-16-17-32(38-28-15-13-25(28)22-33(27)38)30-18-19-34(31-11-8-10-29(30)31)45-53-43(3,4)44(5,6)54-45/h14,16-20,23-25,28,37,39H,8-13,15,21-22H2,1-7H3,(H,46,47)(H,48,51)/t25?,28?,37?,39-/m0/s1. The van der Waals surface area contributed by atoms with Crippen molar-refractivity contribution in [2.75, 3.05) is 13.7 Å². The summed E-state index contributed by atoms with van der Waals surface area (Å²) in [6, 6.07) is 15.1. The van der Waals surface area contributed by atoms with Crippen molar-refractivity contribution in [2.24, 2.45) is 11.8 Å². The highest BCUT2D eigenvalue weighted by Gasteiger charge is 2.52. The molecule has 3 heterocycles. The molecule has 54 heavy (non-hydrogen) atoms. The first-order valence-corrected chi connectivity index (χ1v) is 20.2. The first-order valence-electron chi connectivity index (χ1n) is 20.2. The fourth-order valence-corrected chi connectivity index (χ4v) is 9.99. The summed E-state index contributed by atoms with van der Waals surface area (Å²) in [5.74, 6) is 1.95. The normalized spacial score (nSPS) is 24.0. The molecule has 2 amide bonds. The zero-order valence-corrected chi connectivity index (χ0v) is 32.8. The quantitative estimate of drug-likeness (QED) is 0.189. The van der Waals surface area contributed by atoms with Crippen molar-refractivity contribution < 1.29 is 23.6 Å². The van der Waals surface area contributed by atoms with Gasteiger partial charge in [0.25, 0.3) is 0 Å². The highest BCUT2D eigenvalue weighted by atomic mass is 16.7. The molecule has 1 aromatic heterocycles. The van der Waals surface area contributed by atoms with Gasteiger partial charge in [0, 0.05) is 6.54 Å². The number of ether oxygens (including phenoxy) is 1. The van der Waals surface area contributed by atoms with Gasteiger partial charge < -0.3 is 29.2 Å². The Morgan fingerprint density at radius 1 is 0.926 bits per heavy atom. The molecule has 10 heteroatoms. The summed E-state index contributed by atoms with van der Waals surface area (Å²) >= 11 is 0. The molecule has 3 unspecified atom stereocenters. The van der Waals surface area contributed by atoms with E-state index in [1.54, 1.807) is 5.56 Å². The monoisotopic (exact) mass is 728 g/mol. The molecule has 0 radical (unpaired) electrons. The van der Waals surface area contributed by atoms with E-state index in [4.69, 9.17) is 19.0 Å². The molecule has 5 aliphatic rings. The number of carbonyl (C=O) groups excluding carboxylic acids is 2. The number of methoxy groups -OCH3 is 1. The van der Waals surface area contributed by atoms with Gasteiger partial charge in [-0.3, -0.25) is 4.79 Å². The number of benzene rings is 3. The number of likely N-dealkylation sites (tertiary alicyclic amines) is 1. The molecule has 4 aromatic rings. The third kappa shape index (κ3) is 5.61. The van der Waals surface area contributed by atoms with E-state index in [0.29, 0.717) is 18.4 Å². The molecular formula is C44H53BN4O5. The number of carbonyl (C=O) groups is 2. The average Bonchev–Trinajstić information content (AvgIpc) is 3.95. The number of amides is 2. The van der Waals surface area contributed by atoms with Crippen LogP contribution in [-0.4, -0.2) is 64.9 Å². The molecule has 4 atom stereocenters. The number of nitrogens with zero attached hydrogens (tertiary/aromatic N) is 2. The number of rotatable bonds is 7. The summed E-state index contributed by atoms with van der Waals surface area (Å²) in [5, 5.41) is 2.75. The zero-order chi connectivity index (χ0) is 37.7. The maximum Gasteiger partial charge on any atom is 0.495 e. The third-order valence-corrected chi connectivity index (χ3v) is 13.8. The maximum absolute atomic E-state index is 13.8. The number of imidazole rings is 1. The number of hydrogen-bond donors (Lipinski definition) is 2. The van der Waals surface area contributed by atoms with E-state index in [1.807, 2.05) is 18.7 Å². The SMILES string of the molecule is COC(=O)N[C@H](C(=O)N1CCCC1c1nc2ccc(-c3ccc(-c4ccc(B5OC(C)(C)C(C)(C)O5)c5c4CCC5)c4c3CC3CCC43)cc2[nH]1)C(C)C. The van der Waals surface area contributed by atoms with Crippen molar-refractivity contribution in [3.05, 3.63) is 70.5 Å². The second-order valence-corrected chi connectivity index (χ2v) is 17.7. The fourth-order valence-electron chi connectivity index (χ4n) is 9.99. The summed E-state index contributed by atoms with van der Waals surface area (Å²) in [7, 11) is 0.981. The van der Waals surface area contributed by atoms with Crippen molar-refractivity contribution in [1.29, 1.82) is 0 Å². The summed E-state index contributed by atoms with van der Waals surface area (Å²) in [6.07, 6.45) is 8.10. The largest absolute Gasteiger partial charge is 0.495 e. The van der Waals surface area contributed by atoms with Crippen LogP contribution in [0.3, 0.4) is 0 Å². The van der Waals surface area contributed by atoms with Crippen LogP contribution in [0.1, 0.15) is 114 Å². The summed E-state index contributed by atoms with van der Waals surface area (Å²) < 4.78 is 17.9. The topological polar surface area (TPSA) is 106 Å². The molecular weight excluding hydrogens is 675 g/mol. The fraction of sp³-hybridized carbons (Fsp3) is 0.523. The van der Waals surface area contributed by atoms with E-state index in [1.165, 1.54) is 64.4 Å². The lowest BCUT2D eigenvalue weighted by molar-refractivity contribution is -0.135. The lowest BCUT2D eigenvalue weighted by atomic mass is 9.71. The first-order chi connectivity index (χ1) is 25.8. The van der Waals surface area contributed by atoms with Gasteiger partial charge in [0.05, 0.1) is 35.4 Å². The molecule has 9 rings (SSSR count). The van der Waals surface area contributed by atoms with Gasteiger partial charge in [-0.1, -0.05) is 44.2 Å². The van der Waals surface area contributed by atoms with Gasteiger partial charge in [-0.15, -0.1) is 0 Å². The van der Waals surface area contributed by atoms with E-state index in [0.717, 1.165) is 55.4 Å². The summed E-state index contributed by atoms with van der Waals surface area (Å²) in [4.78, 5) is 36.3. The van der Waals surface area contributed by atoms with E-state index in [-0.39, 0.29) is 36.2 Å². The predicted molar refractivity (Wildman–Crippen MR) is 212 cm³/mol. The van der Waals surface area contributed by atoms with E-state index in [9.17, 15) is 9.59 Å². The van der Waals surface area contributed by atoms with E-state index in [2.05, 4.69) is 80.5 Å². The molecule has 0 spiro atoms. The number of aromatic nitrogens is 2. The molecule has 282 valence electrons. The molecule has 2 N–H and O–H groups in total. The number of fused-ring (bicyclic) bond motifs is 5. The Morgan fingerprint density at radius 3 is 2.39 bits per heavy atom. The highest BCUT2D eigenvalue weighted by molar-refractivity contribution is 6.62.